The Morgan fingerprint density at radius 1 is 1.52 bits per heavy atom. The Bertz CT molecular complexity index is 683. The molecule has 1 atom stereocenters. The number of hydrogen-bond donors (Lipinski definition) is 0. The molecule has 1 aromatic heterocycles. The Kier molecular flexibility index (Phi) is 3.59. The number of aromatic nitrogens is 1. The van der Waals surface area contributed by atoms with Crippen LogP contribution in [-0.2, 0) is 6.42 Å². The first-order valence-corrected chi connectivity index (χ1v) is 7.19. The van der Waals surface area contributed by atoms with E-state index in [0.717, 1.165) is 0 Å². The number of fused-ring (bicyclic) bond motifs is 1. The molecule has 0 spiro atoms. The fourth-order valence-electron chi connectivity index (χ4n) is 2.32. The number of hydrogen-bond acceptors (Lipinski definition) is 4. The zero-order valence-corrected chi connectivity index (χ0v) is 12.6. The molecule has 1 aromatic carbocycles. The largest absolute Gasteiger partial charge is 0.485 e. The molecule has 0 saturated heterocycles. The first-order valence-electron chi connectivity index (χ1n) is 6.81. The molecule has 1 aliphatic rings. The second kappa shape index (κ2) is 5.41. The number of carbonyl (C=O) groups is 1. The van der Waals surface area contributed by atoms with Gasteiger partial charge in [0.2, 0.25) is 0 Å². The molecule has 1 unspecified atom stereocenters. The topological polar surface area (TPSA) is 55.6 Å². The van der Waals surface area contributed by atoms with Gasteiger partial charge in [-0.2, -0.15) is 0 Å². The normalized spacial score (nSPS) is 17.3. The van der Waals surface area contributed by atoms with Gasteiger partial charge in [-0.05, 0) is 19.1 Å². The summed E-state index contributed by atoms with van der Waals surface area (Å²) in [6, 6.07) is 5.35. The van der Waals surface area contributed by atoms with Gasteiger partial charge in [0.1, 0.15) is 12.4 Å². The molecular formula is C15H15ClN2O3. The standard InChI is InChI=1S/C15H15ClN2O3/c1-3-13-17-11(8-20-13)15(19)18-7-9(2)21-14-10(16)5-4-6-12(14)18/h4-6,8-9H,3,7H2,1-2H3. The molecule has 0 aliphatic carbocycles. The van der Waals surface area contributed by atoms with Gasteiger partial charge in [-0.15, -0.1) is 0 Å². The number of anilines is 1. The maximum absolute atomic E-state index is 12.7. The third-order valence-electron chi connectivity index (χ3n) is 3.31. The van der Waals surface area contributed by atoms with Crippen LogP contribution in [0, 0.1) is 0 Å². The van der Waals surface area contributed by atoms with E-state index in [1.165, 1.54) is 6.26 Å². The number of ether oxygens (including phenoxy) is 1. The Labute approximate surface area is 127 Å². The van der Waals surface area contributed by atoms with Gasteiger partial charge in [-0.1, -0.05) is 24.6 Å². The Hall–Kier alpha value is -2.01. The molecule has 6 heteroatoms. The highest BCUT2D eigenvalue weighted by molar-refractivity contribution is 6.32. The molecule has 21 heavy (non-hydrogen) atoms. The summed E-state index contributed by atoms with van der Waals surface area (Å²) in [5.74, 6) is 0.869. The van der Waals surface area contributed by atoms with Crippen molar-refractivity contribution in [2.75, 3.05) is 11.4 Å². The molecule has 1 aliphatic heterocycles. The monoisotopic (exact) mass is 306 g/mol. The third-order valence-corrected chi connectivity index (χ3v) is 3.61. The molecule has 0 bridgehead atoms. The van der Waals surface area contributed by atoms with Gasteiger partial charge in [0.15, 0.2) is 17.3 Å². The van der Waals surface area contributed by atoms with Crippen molar-refractivity contribution >= 4 is 23.2 Å². The van der Waals surface area contributed by atoms with Crippen LogP contribution in [0.5, 0.6) is 5.75 Å². The minimum atomic E-state index is -0.211. The molecule has 5 nitrogen and oxygen atoms in total. The van der Waals surface area contributed by atoms with Crippen LogP contribution in [0.2, 0.25) is 5.02 Å². The van der Waals surface area contributed by atoms with Crippen molar-refractivity contribution in [2.45, 2.75) is 26.4 Å². The highest BCUT2D eigenvalue weighted by Gasteiger charge is 2.31. The van der Waals surface area contributed by atoms with Gasteiger partial charge in [0, 0.05) is 6.42 Å². The lowest BCUT2D eigenvalue weighted by molar-refractivity contribution is 0.0956. The smallest absolute Gasteiger partial charge is 0.280 e. The summed E-state index contributed by atoms with van der Waals surface area (Å²) in [6.45, 7) is 4.26. The lowest BCUT2D eigenvalue weighted by Crippen LogP contribution is -2.42. The summed E-state index contributed by atoms with van der Waals surface area (Å²) in [5.41, 5.74) is 0.957. The molecule has 1 amide bonds. The summed E-state index contributed by atoms with van der Waals surface area (Å²) >= 11 is 6.15. The van der Waals surface area contributed by atoms with Crippen LogP contribution in [0.3, 0.4) is 0 Å². The minimum Gasteiger partial charge on any atom is -0.485 e. The quantitative estimate of drug-likeness (QED) is 0.854. The number of oxazole rings is 1. The van der Waals surface area contributed by atoms with Gasteiger partial charge in [-0.25, -0.2) is 4.98 Å². The van der Waals surface area contributed by atoms with Gasteiger partial charge < -0.3 is 9.15 Å². The number of rotatable bonds is 2. The Morgan fingerprint density at radius 2 is 2.33 bits per heavy atom. The van der Waals surface area contributed by atoms with Crippen molar-refractivity contribution in [1.82, 2.24) is 4.98 Å². The van der Waals surface area contributed by atoms with Crippen LogP contribution < -0.4 is 9.64 Å². The molecule has 3 rings (SSSR count). The zero-order valence-electron chi connectivity index (χ0n) is 11.8. The van der Waals surface area contributed by atoms with Crippen molar-refractivity contribution in [3.05, 3.63) is 41.1 Å². The van der Waals surface area contributed by atoms with Crippen LogP contribution in [0.25, 0.3) is 0 Å². The number of amides is 1. The Balaban J connectivity index is 1.99. The maximum Gasteiger partial charge on any atom is 0.280 e. The van der Waals surface area contributed by atoms with E-state index in [0.29, 0.717) is 41.0 Å². The minimum absolute atomic E-state index is 0.140. The summed E-state index contributed by atoms with van der Waals surface area (Å²) in [4.78, 5) is 18.5. The molecule has 0 fully saturated rings. The van der Waals surface area contributed by atoms with Crippen molar-refractivity contribution < 1.29 is 13.9 Å². The molecule has 0 saturated carbocycles. The average molecular weight is 307 g/mol. The number of benzene rings is 1. The lowest BCUT2D eigenvalue weighted by Gasteiger charge is -2.33. The van der Waals surface area contributed by atoms with Gasteiger partial charge in [-0.3, -0.25) is 9.69 Å². The maximum atomic E-state index is 12.7. The van der Waals surface area contributed by atoms with E-state index in [4.69, 9.17) is 20.8 Å². The summed E-state index contributed by atoms with van der Waals surface area (Å²) in [6.07, 6.45) is 1.90. The second-order valence-corrected chi connectivity index (χ2v) is 5.32. The van der Waals surface area contributed by atoms with Crippen molar-refractivity contribution in [1.29, 1.82) is 0 Å². The van der Waals surface area contributed by atoms with E-state index >= 15 is 0 Å². The van der Waals surface area contributed by atoms with E-state index in [9.17, 15) is 4.79 Å². The summed E-state index contributed by atoms with van der Waals surface area (Å²) < 4.78 is 11.0. The predicted molar refractivity (Wildman–Crippen MR) is 79.1 cm³/mol. The van der Waals surface area contributed by atoms with E-state index in [1.54, 1.807) is 17.0 Å². The summed E-state index contributed by atoms with van der Waals surface area (Å²) in [5, 5.41) is 0.492. The zero-order chi connectivity index (χ0) is 15.0. The molecule has 2 aromatic rings. The SMILES string of the molecule is CCc1nc(C(=O)N2CC(C)Oc3c(Cl)cccc32)co1. The fraction of sp³-hybridized carbons (Fsp3) is 0.333. The number of nitrogens with zero attached hydrogens (tertiary/aromatic N) is 2. The Morgan fingerprint density at radius 3 is 3.05 bits per heavy atom. The predicted octanol–water partition coefficient (Wildman–Crippen LogP) is 3.32. The van der Waals surface area contributed by atoms with Gasteiger partial charge >= 0.3 is 0 Å². The molecule has 110 valence electrons. The van der Waals surface area contributed by atoms with E-state index < -0.39 is 0 Å². The van der Waals surface area contributed by atoms with Crippen LogP contribution in [-0.4, -0.2) is 23.5 Å². The van der Waals surface area contributed by atoms with E-state index in [-0.39, 0.29) is 12.0 Å². The van der Waals surface area contributed by atoms with Crippen LogP contribution in [0.15, 0.2) is 28.9 Å². The first-order chi connectivity index (χ1) is 10.1. The highest BCUT2D eigenvalue weighted by Crippen LogP contribution is 2.39. The molecule has 0 radical (unpaired) electrons. The van der Waals surface area contributed by atoms with Gasteiger partial charge in [0.25, 0.3) is 5.91 Å². The van der Waals surface area contributed by atoms with E-state index in [1.807, 2.05) is 19.9 Å². The van der Waals surface area contributed by atoms with Crippen molar-refractivity contribution in [2.24, 2.45) is 0 Å². The summed E-state index contributed by atoms with van der Waals surface area (Å²) in [7, 11) is 0. The highest BCUT2D eigenvalue weighted by atomic mass is 35.5. The third kappa shape index (κ3) is 2.49. The number of carbonyl (C=O) groups excluding carboxylic acids is 1. The van der Waals surface area contributed by atoms with E-state index in [2.05, 4.69) is 4.98 Å². The fourth-order valence-corrected chi connectivity index (χ4v) is 2.54. The second-order valence-electron chi connectivity index (χ2n) is 4.91. The number of aryl methyl sites for hydroxylation is 1. The molecular weight excluding hydrogens is 292 g/mol. The first kappa shape index (κ1) is 13.9. The van der Waals surface area contributed by atoms with Crippen molar-refractivity contribution in [3.8, 4) is 5.75 Å². The lowest BCUT2D eigenvalue weighted by atomic mass is 10.2. The molecule has 2 heterocycles. The van der Waals surface area contributed by atoms with Gasteiger partial charge in [0.05, 0.1) is 17.3 Å². The van der Waals surface area contributed by atoms with Crippen LogP contribution in [0.1, 0.15) is 30.2 Å². The molecule has 0 N–H and O–H groups in total. The van der Waals surface area contributed by atoms with Crippen LogP contribution in [0.4, 0.5) is 5.69 Å². The number of halogens is 1. The van der Waals surface area contributed by atoms with Crippen molar-refractivity contribution in [3.63, 3.8) is 0 Å². The van der Waals surface area contributed by atoms with Crippen LogP contribution >= 0.6 is 11.6 Å². The average Bonchev–Trinajstić information content (AvgIpc) is 2.96. The number of para-hydroxylation sites is 1.